The van der Waals surface area contributed by atoms with Gasteiger partial charge in [-0.05, 0) is 35.2 Å². The second kappa shape index (κ2) is 7.52. The number of nitrogens with one attached hydrogen (secondary N) is 1. The van der Waals surface area contributed by atoms with Crippen LogP contribution in [0.5, 0.6) is 0 Å². The highest BCUT2D eigenvalue weighted by atomic mass is 16.4. The maximum Gasteiger partial charge on any atom is 0.247 e. The molecule has 134 valence electrons. The van der Waals surface area contributed by atoms with E-state index in [2.05, 4.69) is 36.3 Å². The Hall–Kier alpha value is -2.95. The number of nitrogens with zero attached hydrogens (tertiary/aromatic N) is 2. The molecule has 1 heterocycles. The Morgan fingerprint density at radius 3 is 2.35 bits per heavy atom. The Balaban J connectivity index is 1.54. The van der Waals surface area contributed by atoms with Crippen LogP contribution in [-0.2, 0) is 16.6 Å². The van der Waals surface area contributed by atoms with Gasteiger partial charge in [-0.25, -0.2) is 0 Å². The lowest BCUT2D eigenvalue weighted by Gasteiger charge is -2.19. The lowest BCUT2D eigenvalue weighted by molar-refractivity contribution is -0.116. The molecular formula is C21H23N3O2. The Morgan fingerprint density at radius 1 is 1.00 bits per heavy atom. The average molecular weight is 349 g/mol. The largest absolute Gasteiger partial charge is 0.421 e. The van der Waals surface area contributed by atoms with Crippen LogP contribution in [0.1, 0.15) is 38.6 Å². The van der Waals surface area contributed by atoms with Crippen LogP contribution in [0.25, 0.3) is 11.5 Å². The van der Waals surface area contributed by atoms with Crippen LogP contribution in [-0.4, -0.2) is 16.1 Å². The number of hydrogen-bond acceptors (Lipinski definition) is 4. The zero-order chi connectivity index (χ0) is 18.6. The van der Waals surface area contributed by atoms with Crippen molar-refractivity contribution in [2.75, 3.05) is 5.32 Å². The average Bonchev–Trinajstić information content (AvgIpc) is 3.09. The standard InChI is InChI=1S/C21H23N3O2/c1-21(2,3)16-9-11-17(12-10-16)22-18(25)13-14-19-23-24-20(26-19)15-7-5-4-6-8-15/h4-12H,13-14H2,1-3H3,(H,22,25). The quantitative estimate of drug-likeness (QED) is 0.730. The van der Waals surface area contributed by atoms with Crippen molar-refractivity contribution in [2.24, 2.45) is 0 Å². The zero-order valence-corrected chi connectivity index (χ0v) is 15.3. The van der Waals surface area contributed by atoms with Gasteiger partial charge in [0.1, 0.15) is 0 Å². The van der Waals surface area contributed by atoms with Crippen LogP contribution in [0.2, 0.25) is 0 Å². The molecule has 26 heavy (non-hydrogen) atoms. The van der Waals surface area contributed by atoms with Gasteiger partial charge in [0.2, 0.25) is 17.7 Å². The van der Waals surface area contributed by atoms with Crippen LogP contribution in [0.15, 0.2) is 59.0 Å². The van der Waals surface area contributed by atoms with E-state index in [9.17, 15) is 4.79 Å². The third-order valence-corrected chi connectivity index (χ3v) is 4.09. The molecule has 0 radical (unpaired) electrons. The molecule has 1 N–H and O–H groups in total. The summed E-state index contributed by atoms with van der Waals surface area (Å²) in [5.74, 6) is 0.855. The maximum atomic E-state index is 12.1. The van der Waals surface area contributed by atoms with Gasteiger partial charge in [0.25, 0.3) is 0 Å². The molecule has 0 saturated carbocycles. The molecule has 1 amide bonds. The molecule has 0 unspecified atom stereocenters. The second-order valence-corrected chi connectivity index (χ2v) is 7.24. The zero-order valence-electron chi connectivity index (χ0n) is 15.3. The van der Waals surface area contributed by atoms with Crippen molar-refractivity contribution in [2.45, 2.75) is 39.0 Å². The summed E-state index contributed by atoms with van der Waals surface area (Å²) < 4.78 is 5.62. The molecule has 1 aromatic heterocycles. The van der Waals surface area contributed by atoms with Crippen LogP contribution in [0.4, 0.5) is 5.69 Å². The predicted molar refractivity (Wildman–Crippen MR) is 102 cm³/mol. The summed E-state index contributed by atoms with van der Waals surface area (Å²) in [6, 6.07) is 17.5. The molecule has 0 saturated heterocycles. The molecule has 5 heteroatoms. The smallest absolute Gasteiger partial charge is 0.247 e. The van der Waals surface area contributed by atoms with E-state index in [0.29, 0.717) is 18.2 Å². The monoisotopic (exact) mass is 349 g/mol. The van der Waals surface area contributed by atoms with E-state index < -0.39 is 0 Å². The summed E-state index contributed by atoms with van der Waals surface area (Å²) in [6.45, 7) is 6.48. The van der Waals surface area contributed by atoms with Gasteiger partial charge in [-0.1, -0.05) is 51.1 Å². The van der Waals surface area contributed by atoms with Gasteiger partial charge >= 0.3 is 0 Å². The van der Waals surface area contributed by atoms with Crippen molar-refractivity contribution in [3.8, 4) is 11.5 Å². The number of anilines is 1. The van der Waals surface area contributed by atoms with Gasteiger partial charge in [0, 0.05) is 24.1 Å². The number of aromatic nitrogens is 2. The Bertz CT molecular complexity index is 862. The van der Waals surface area contributed by atoms with Gasteiger partial charge in [0.15, 0.2) is 0 Å². The molecule has 0 bridgehead atoms. The third-order valence-electron chi connectivity index (χ3n) is 4.09. The lowest BCUT2D eigenvalue weighted by Crippen LogP contribution is -2.14. The van der Waals surface area contributed by atoms with Crippen LogP contribution >= 0.6 is 0 Å². The molecular weight excluding hydrogens is 326 g/mol. The first-order chi connectivity index (χ1) is 12.4. The molecule has 0 spiro atoms. The molecule has 0 aliphatic rings. The van der Waals surface area contributed by atoms with Crippen molar-refractivity contribution in [3.05, 3.63) is 66.1 Å². The maximum absolute atomic E-state index is 12.1. The van der Waals surface area contributed by atoms with Crippen molar-refractivity contribution < 1.29 is 9.21 Å². The summed E-state index contributed by atoms with van der Waals surface area (Å²) in [4.78, 5) is 12.1. The van der Waals surface area contributed by atoms with E-state index in [1.165, 1.54) is 5.56 Å². The fourth-order valence-corrected chi connectivity index (χ4v) is 2.55. The lowest BCUT2D eigenvalue weighted by atomic mass is 9.87. The molecule has 0 aliphatic carbocycles. The number of aryl methyl sites for hydroxylation is 1. The van der Waals surface area contributed by atoms with E-state index in [4.69, 9.17) is 4.42 Å². The Morgan fingerprint density at radius 2 is 1.69 bits per heavy atom. The van der Waals surface area contributed by atoms with Gasteiger partial charge < -0.3 is 9.73 Å². The van der Waals surface area contributed by atoms with Gasteiger partial charge in [0.05, 0.1) is 0 Å². The Kier molecular flexibility index (Phi) is 5.16. The number of benzene rings is 2. The fraction of sp³-hybridized carbons (Fsp3) is 0.286. The van der Waals surface area contributed by atoms with Gasteiger partial charge in [-0.3, -0.25) is 4.79 Å². The molecule has 0 atom stereocenters. The predicted octanol–water partition coefficient (Wildman–Crippen LogP) is 4.61. The topological polar surface area (TPSA) is 68.0 Å². The van der Waals surface area contributed by atoms with E-state index in [0.717, 1.165) is 11.3 Å². The highest BCUT2D eigenvalue weighted by molar-refractivity contribution is 5.90. The first-order valence-electron chi connectivity index (χ1n) is 8.70. The van der Waals surface area contributed by atoms with Gasteiger partial charge in [-0.2, -0.15) is 0 Å². The van der Waals surface area contributed by atoms with Crippen molar-refractivity contribution in [3.63, 3.8) is 0 Å². The summed E-state index contributed by atoms with van der Waals surface area (Å²) in [5.41, 5.74) is 2.99. The summed E-state index contributed by atoms with van der Waals surface area (Å²) >= 11 is 0. The van der Waals surface area contributed by atoms with Crippen molar-refractivity contribution >= 4 is 11.6 Å². The SMILES string of the molecule is CC(C)(C)c1ccc(NC(=O)CCc2nnc(-c3ccccc3)o2)cc1. The van der Waals surface area contributed by atoms with E-state index in [1.807, 2.05) is 54.6 Å². The molecule has 5 nitrogen and oxygen atoms in total. The van der Waals surface area contributed by atoms with Crippen molar-refractivity contribution in [1.29, 1.82) is 0 Å². The molecule has 3 rings (SSSR count). The number of carbonyl (C=O) groups is 1. The number of amides is 1. The third kappa shape index (κ3) is 4.57. The van der Waals surface area contributed by atoms with Gasteiger partial charge in [-0.15, -0.1) is 10.2 Å². The number of hydrogen-bond donors (Lipinski definition) is 1. The van der Waals surface area contributed by atoms with Crippen molar-refractivity contribution in [1.82, 2.24) is 10.2 Å². The summed E-state index contributed by atoms with van der Waals surface area (Å²) in [5, 5.41) is 10.9. The van der Waals surface area contributed by atoms with Crippen LogP contribution in [0, 0.1) is 0 Å². The molecule has 2 aromatic carbocycles. The summed E-state index contributed by atoms with van der Waals surface area (Å²) in [7, 11) is 0. The Labute approximate surface area is 153 Å². The minimum Gasteiger partial charge on any atom is -0.421 e. The molecule has 0 fully saturated rings. The van der Waals surface area contributed by atoms with E-state index in [-0.39, 0.29) is 17.7 Å². The first-order valence-corrected chi connectivity index (χ1v) is 8.70. The number of carbonyl (C=O) groups excluding carboxylic acids is 1. The second-order valence-electron chi connectivity index (χ2n) is 7.24. The first kappa shape index (κ1) is 17.9. The summed E-state index contributed by atoms with van der Waals surface area (Å²) in [6.07, 6.45) is 0.698. The minimum atomic E-state index is -0.0760. The minimum absolute atomic E-state index is 0.0760. The highest BCUT2D eigenvalue weighted by Crippen LogP contribution is 2.23. The highest BCUT2D eigenvalue weighted by Gasteiger charge is 2.14. The fourth-order valence-electron chi connectivity index (χ4n) is 2.55. The van der Waals surface area contributed by atoms with E-state index in [1.54, 1.807) is 0 Å². The molecule has 0 aliphatic heterocycles. The van der Waals surface area contributed by atoms with Crippen LogP contribution in [0.3, 0.4) is 0 Å². The normalized spacial score (nSPS) is 11.3. The van der Waals surface area contributed by atoms with E-state index >= 15 is 0 Å². The number of rotatable bonds is 5. The molecule has 3 aromatic rings. The van der Waals surface area contributed by atoms with Crippen LogP contribution < -0.4 is 5.32 Å².